The van der Waals surface area contributed by atoms with E-state index < -0.39 is 0 Å². The highest BCUT2D eigenvalue weighted by Crippen LogP contribution is 2.29. The maximum absolute atomic E-state index is 12.7. The number of likely N-dealkylation sites (tertiary alicyclic amines) is 1. The van der Waals surface area contributed by atoms with Crippen LogP contribution in [0.2, 0.25) is 5.02 Å². The molecule has 0 radical (unpaired) electrons. The van der Waals surface area contributed by atoms with Crippen LogP contribution in [0.3, 0.4) is 0 Å². The van der Waals surface area contributed by atoms with E-state index in [2.05, 4.69) is 5.32 Å². The van der Waals surface area contributed by atoms with Crippen LogP contribution >= 0.6 is 11.6 Å². The van der Waals surface area contributed by atoms with Crippen molar-refractivity contribution >= 4 is 23.4 Å². The minimum absolute atomic E-state index is 0.0384. The molecule has 136 valence electrons. The van der Waals surface area contributed by atoms with Crippen LogP contribution in [0.1, 0.15) is 48.9 Å². The van der Waals surface area contributed by atoms with E-state index in [1.807, 2.05) is 0 Å². The smallest absolute Gasteiger partial charge is 0.253 e. The van der Waals surface area contributed by atoms with Crippen LogP contribution in [-0.4, -0.2) is 41.9 Å². The van der Waals surface area contributed by atoms with Crippen molar-refractivity contribution in [3.63, 3.8) is 0 Å². The summed E-state index contributed by atoms with van der Waals surface area (Å²) in [6, 6.07) is 6.90. The lowest BCUT2D eigenvalue weighted by atomic mass is 9.92. The summed E-state index contributed by atoms with van der Waals surface area (Å²) in [4.78, 5) is 27.2. The molecule has 1 atom stereocenters. The number of nitrogens with two attached hydrogens (primary N) is 1. The van der Waals surface area contributed by atoms with Gasteiger partial charge in [-0.2, -0.15) is 0 Å². The fourth-order valence-electron chi connectivity index (χ4n) is 3.95. The van der Waals surface area contributed by atoms with Crippen LogP contribution in [0.25, 0.3) is 0 Å². The van der Waals surface area contributed by atoms with Gasteiger partial charge in [0, 0.05) is 30.2 Å². The zero-order chi connectivity index (χ0) is 17.9. The van der Waals surface area contributed by atoms with E-state index in [0.717, 1.165) is 38.5 Å². The molecule has 1 saturated heterocycles. The second-order valence-electron chi connectivity index (χ2n) is 7.28. The number of nitrogens with zero attached hydrogens (tertiary/aromatic N) is 1. The lowest BCUT2D eigenvalue weighted by Crippen LogP contribution is -2.55. The number of rotatable bonds is 4. The Morgan fingerprint density at radius 2 is 1.88 bits per heavy atom. The third-order valence-electron chi connectivity index (χ3n) is 5.51. The van der Waals surface area contributed by atoms with E-state index in [9.17, 15) is 9.59 Å². The fourth-order valence-corrected chi connectivity index (χ4v) is 4.07. The Kier molecular flexibility index (Phi) is 5.64. The van der Waals surface area contributed by atoms with Gasteiger partial charge in [0.1, 0.15) is 0 Å². The van der Waals surface area contributed by atoms with E-state index >= 15 is 0 Å². The summed E-state index contributed by atoms with van der Waals surface area (Å²) < 4.78 is 0. The van der Waals surface area contributed by atoms with Gasteiger partial charge in [0.2, 0.25) is 5.91 Å². The molecule has 0 bridgehead atoms. The largest absolute Gasteiger partial charge is 0.349 e. The molecule has 5 nitrogen and oxygen atoms in total. The summed E-state index contributed by atoms with van der Waals surface area (Å²) in [6.07, 6.45) is 5.79. The number of halogens is 1. The van der Waals surface area contributed by atoms with Crippen LogP contribution < -0.4 is 11.1 Å². The van der Waals surface area contributed by atoms with E-state index in [0.29, 0.717) is 30.2 Å². The Morgan fingerprint density at radius 3 is 2.52 bits per heavy atom. The summed E-state index contributed by atoms with van der Waals surface area (Å²) in [6.45, 7) is 1.64. The minimum atomic E-state index is -0.237. The normalized spacial score (nSPS) is 22.6. The number of amides is 2. The summed E-state index contributed by atoms with van der Waals surface area (Å²) >= 11 is 5.89. The van der Waals surface area contributed by atoms with E-state index in [4.69, 9.17) is 17.3 Å². The van der Waals surface area contributed by atoms with Crippen LogP contribution in [0.15, 0.2) is 24.3 Å². The highest BCUT2D eigenvalue weighted by Gasteiger charge is 2.37. The first-order chi connectivity index (χ1) is 12.0. The first-order valence-corrected chi connectivity index (χ1v) is 9.48. The molecular weight excluding hydrogens is 338 g/mol. The van der Waals surface area contributed by atoms with Crippen molar-refractivity contribution in [1.82, 2.24) is 10.2 Å². The summed E-state index contributed by atoms with van der Waals surface area (Å²) in [5.74, 6) is -0.154. The molecule has 1 aromatic rings. The highest BCUT2D eigenvalue weighted by atomic mass is 35.5. The first kappa shape index (κ1) is 18.2. The number of nitrogens with one attached hydrogen (secondary N) is 1. The number of hydrogen-bond donors (Lipinski definition) is 2. The molecule has 0 aromatic heterocycles. The highest BCUT2D eigenvalue weighted by molar-refractivity contribution is 6.30. The topological polar surface area (TPSA) is 75.4 Å². The predicted octanol–water partition coefficient (Wildman–Crippen LogP) is 2.58. The van der Waals surface area contributed by atoms with Gasteiger partial charge in [0.25, 0.3) is 5.91 Å². The zero-order valence-electron chi connectivity index (χ0n) is 14.5. The van der Waals surface area contributed by atoms with Gasteiger partial charge in [0.15, 0.2) is 0 Å². The van der Waals surface area contributed by atoms with Crippen molar-refractivity contribution in [3.05, 3.63) is 34.9 Å². The third kappa shape index (κ3) is 4.15. The van der Waals surface area contributed by atoms with Gasteiger partial charge < -0.3 is 16.0 Å². The van der Waals surface area contributed by atoms with E-state index in [1.165, 1.54) is 0 Å². The van der Waals surface area contributed by atoms with Crippen LogP contribution in [0, 0.1) is 5.92 Å². The standard InChI is InChI=1S/C19H26ClN3O2/c20-16-7-5-14(6-8-16)18(25)23-11-3-4-15(12-23)17(24)22-19(13-21)9-1-2-10-19/h5-8,15H,1-4,9-13,21H2,(H,22,24). The number of benzene rings is 1. The minimum Gasteiger partial charge on any atom is -0.349 e. The van der Waals surface area contributed by atoms with Crippen molar-refractivity contribution < 1.29 is 9.59 Å². The maximum atomic E-state index is 12.7. The molecule has 1 aliphatic carbocycles. The molecule has 0 spiro atoms. The van der Waals surface area contributed by atoms with Gasteiger partial charge >= 0.3 is 0 Å². The SMILES string of the molecule is NCC1(NC(=O)C2CCCN(C(=O)c3ccc(Cl)cc3)C2)CCCC1. The number of carbonyl (C=O) groups excluding carboxylic acids is 2. The molecule has 2 fully saturated rings. The van der Waals surface area contributed by atoms with Gasteiger partial charge in [-0.3, -0.25) is 9.59 Å². The van der Waals surface area contributed by atoms with Crippen LogP contribution in [0.4, 0.5) is 0 Å². The lowest BCUT2D eigenvalue weighted by molar-refractivity contribution is -0.128. The first-order valence-electron chi connectivity index (χ1n) is 9.10. The van der Waals surface area contributed by atoms with Crippen molar-refractivity contribution in [1.29, 1.82) is 0 Å². The zero-order valence-corrected chi connectivity index (χ0v) is 15.2. The molecule has 3 rings (SSSR count). The second kappa shape index (κ2) is 7.75. The van der Waals surface area contributed by atoms with Crippen molar-refractivity contribution in [2.75, 3.05) is 19.6 Å². The van der Waals surface area contributed by atoms with Crippen molar-refractivity contribution in [2.24, 2.45) is 11.7 Å². The van der Waals surface area contributed by atoms with Gasteiger partial charge in [-0.05, 0) is 49.9 Å². The Morgan fingerprint density at radius 1 is 1.20 bits per heavy atom. The Hall–Kier alpha value is -1.59. The van der Waals surface area contributed by atoms with Gasteiger partial charge in [0.05, 0.1) is 11.5 Å². The van der Waals surface area contributed by atoms with Crippen LogP contribution in [0.5, 0.6) is 0 Å². The number of carbonyl (C=O) groups is 2. The van der Waals surface area contributed by atoms with Gasteiger partial charge in [-0.25, -0.2) is 0 Å². The molecule has 1 aliphatic heterocycles. The molecule has 25 heavy (non-hydrogen) atoms. The predicted molar refractivity (Wildman–Crippen MR) is 98.5 cm³/mol. The fraction of sp³-hybridized carbons (Fsp3) is 0.579. The molecule has 1 heterocycles. The molecule has 6 heteroatoms. The second-order valence-corrected chi connectivity index (χ2v) is 7.71. The lowest BCUT2D eigenvalue weighted by Gasteiger charge is -2.35. The average Bonchev–Trinajstić information content (AvgIpc) is 3.11. The molecular formula is C19H26ClN3O2. The van der Waals surface area contributed by atoms with Crippen LogP contribution in [-0.2, 0) is 4.79 Å². The Bertz CT molecular complexity index is 626. The monoisotopic (exact) mass is 363 g/mol. The van der Waals surface area contributed by atoms with E-state index in [1.54, 1.807) is 29.2 Å². The molecule has 3 N–H and O–H groups in total. The van der Waals surface area contributed by atoms with Crippen molar-refractivity contribution in [3.8, 4) is 0 Å². The third-order valence-corrected chi connectivity index (χ3v) is 5.76. The molecule has 1 aromatic carbocycles. The molecule has 2 aliphatic rings. The van der Waals surface area contributed by atoms with Gasteiger partial charge in [-0.1, -0.05) is 24.4 Å². The molecule has 2 amide bonds. The summed E-state index contributed by atoms with van der Waals surface area (Å²) in [5.41, 5.74) is 6.29. The Balaban J connectivity index is 1.63. The number of piperidine rings is 1. The quantitative estimate of drug-likeness (QED) is 0.863. The van der Waals surface area contributed by atoms with Crippen molar-refractivity contribution in [2.45, 2.75) is 44.1 Å². The number of hydrogen-bond acceptors (Lipinski definition) is 3. The summed E-state index contributed by atoms with van der Waals surface area (Å²) in [5, 5.41) is 3.81. The maximum Gasteiger partial charge on any atom is 0.253 e. The molecule has 1 saturated carbocycles. The van der Waals surface area contributed by atoms with E-state index in [-0.39, 0.29) is 23.3 Å². The summed E-state index contributed by atoms with van der Waals surface area (Å²) in [7, 11) is 0. The van der Waals surface area contributed by atoms with Gasteiger partial charge in [-0.15, -0.1) is 0 Å². The molecule has 1 unspecified atom stereocenters. The Labute approximate surface area is 153 Å². The average molecular weight is 364 g/mol.